The van der Waals surface area contributed by atoms with E-state index in [1.54, 1.807) is 17.9 Å². The molecule has 1 saturated heterocycles. The van der Waals surface area contributed by atoms with Gasteiger partial charge in [0.15, 0.2) is 0 Å². The van der Waals surface area contributed by atoms with Gasteiger partial charge in [0.2, 0.25) is 11.8 Å². The van der Waals surface area contributed by atoms with Crippen LogP contribution < -0.4 is 16.0 Å². The van der Waals surface area contributed by atoms with E-state index >= 15 is 0 Å². The predicted molar refractivity (Wildman–Crippen MR) is 157 cm³/mol. The number of nitrogens with two attached hydrogens (primary N) is 1. The topological polar surface area (TPSA) is 121 Å². The average Bonchev–Trinajstić information content (AvgIpc) is 3.74. The van der Waals surface area contributed by atoms with Crippen molar-refractivity contribution in [3.05, 3.63) is 53.2 Å². The molecule has 41 heavy (non-hydrogen) atoms. The molecule has 0 unspecified atom stereocenters. The molecule has 0 bridgehead atoms. The van der Waals surface area contributed by atoms with Gasteiger partial charge >= 0.3 is 6.09 Å². The molecule has 3 aliphatic rings. The molecule has 1 aromatic carbocycles. The van der Waals surface area contributed by atoms with Gasteiger partial charge in [0.05, 0.1) is 11.7 Å². The number of ether oxygens (including phenoxy) is 1. The first-order valence-corrected chi connectivity index (χ1v) is 14.6. The van der Waals surface area contributed by atoms with E-state index in [9.17, 15) is 14.4 Å². The molecule has 3 N–H and O–H groups in total. The zero-order valence-corrected chi connectivity index (χ0v) is 24.7. The maximum absolute atomic E-state index is 12.9. The van der Waals surface area contributed by atoms with Crippen molar-refractivity contribution >= 4 is 29.4 Å². The molecule has 5 rings (SSSR count). The standard InChI is InChI=1S/C31H42N6O4/c1-19-27(24-17-22(29(32)39)11-12-25(24)37(20(2)38)28(19)21-9-10-21)34-26-8-6-7-23(33-26)18-35-13-15-36(16-14-35)30(40)41-31(3,4)5/h6-8,11-12,17,19,21,27-28H,9-10,13-16,18H2,1-5H3,(H2,32,39)(H,33,34)/t19-,27-,28+/m1/s1. The minimum absolute atomic E-state index is 0.00663. The van der Waals surface area contributed by atoms with Gasteiger partial charge in [-0.25, -0.2) is 9.78 Å². The van der Waals surface area contributed by atoms with Crippen LogP contribution in [-0.4, -0.2) is 70.5 Å². The first kappa shape index (κ1) is 28.9. The Balaban J connectivity index is 1.33. The van der Waals surface area contributed by atoms with Crippen LogP contribution in [0.5, 0.6) is 0 Å². The van der Waals surface area contributed by atoms with Crippen molar-refractivity contribution < 1.29 is 19.1 Å². The summed E-state index contributed by atoms with van der Waals surface area (Å²) in [6.45, 7) is 12.8. The van der Waals surface area contributed by atoms with E-state index in [1.165, 1.54) is 0 Å². The van der Waals surface area contributed by atoms with Crippen molar-refractivity contribution in [3.63, 3.8) is 0 Å². The molecule has 1 aromatic heterocycles. The number of amides is 3. The molecule has 0 spiro atoms. The number of hydrogen-bond donors (Lipinski definition) is 2. The number of nitrogens with one attached hydrogen (secondary N) is 1. The van der Waals surface area contributed by atoms with Crippen LogP contribution in [0.2, 0.25) is 0 Å². The number of piperazine rings is 1. The number of primary amides is 1. The summed E-state index contributed by atoms with van der Waals surface area (Å²) in [4.78, 5) is 48.2. The normalized spacial score (nSPS) is 23.1. The van der Waals surface area contributed by atoms with E-state index in [1.807, 2.05) is 56.0 Å². The van der Waals surface area contributed by atoms with Crippen LogP contribution in [0.4, 0.5) is 16.3 Å². The van der Waals surface area contributed by atoms with Crippen molar-refractivity contribution in [2.24, 2.45) is 17.6 Å². The Hall–Kier alpha value is -3.66. The van der Waals surface area contributed by atoms with E-state index in [0.29, 0.717) is 31.1 Å². The summed E-state index contributed by atoms with van der Waals surface area (Å²) in [6, 6.07) is 11.3. The molecule has 2 aromatic rings. The number of aromatic nitrogens is 1. The highest BCUT2D eigenvalue weighted by molar-refractivity contribution is 5.97. The fourth-order valence-electron chi connectivity index (χ4n) is 6.17. The second kappa shape index (κ2) is 11.3. The molecular weight excluding hydrogens is 520 g/mol. The summed E-state index contributed by atoms with van der Waals surface area (Å²) in [7, 11) is 0. The Kier molecular flexibility index (Phi) is 7.96. The van der Waals surface area contributed by atoms with Crippen LogP contribution in [0.1, 0.15) is 75.1 Å². The molecule has 1 saturated carbocycles. The summed E-state index contributed by atoms with van der Waals surface area (Å²) in [5.41, 5.74) is 8.19. The van der Waals surface area contributed by atoms with Crippen LogP contribution in [0.25, 0.3) is 0 Å². The average molecular weight is 563 g/mol. The number of hydrogen-bond acceptors (Lipinski definition) is 7. The number of anilines is 2. The van der Waals surface area contributed by atoms with Crippen molar-refractivity contribution in [3.8, 4) is 0 Å². The van der Waals surface area contributed by atoms with E-state index in [2.05, 4.69) is 17.1 Å². The summed E-state index contributed by atoms with van der Waals surface area (Å²) >= 11 is 0. The van der Waals surface area contributed by atoms with Gasteiger partial charge in [0, 0.05) is 62.9 Å². The fraction of sp³-hybridized carbons (Fsp3) is 0.548. The first-order valence-electron chi connectivity index (χ1n) is 14.6. The second-order valence-corrected chi connectivity index (χ2v) is 12.6. The summed E-state index contributed by atoms with van der Waals surface area (Å²) in [5.74, 6) is 0.805. The van der Waals surface area contributed by atoms with Crippen LogP contribution in [0, 0.1) is 11.8 Å². The van der Waals surface area contributed by atoms with Crippen molar-refractivity contribution in [1.82, 2.24) is 14.8 Å². The van der Waals surface area contributed by atoms with E-state index < -0.39 is 11.5 Å². The molecule has 3 heterocycles. The molecule has 10 nitrogen and oxygen atoms in total. The zero-order valence-electron chi connectivity index (χ0n) is 24.7. The largest absolute Gasteiger partial charge is 0.444 e. The highest BCUT2D eigenvalue weighted by atomic mass is 16.6. The van der Waals surface area contributed by atoms with E-state index in [4.69, 9.17) is 15.5 Å². The van der Waals surface area contributed by atoms with Gasteiger partial charge in [-0.15, -0.1) is 0 Å². The summed E-state index contributed by atoms with van der Waals surface area (Å²) in [5, 5.41) is 3.66. The second-order valence-electron chi connectivity index (χ2n) is 12.6. The maximum atomic E-state index is 12.9. The van der Waals surface area contributed by atoms with Gasteiger partial charge in [0.25, 0.3) is 0 Å². The van der Waals surface area contributed by atoms with Gasteiger partial charge in [-0.2, -0.15) is 0 Å². The summed E-state index contributed by atoms with van der Waals surface area (Å²) in [6.07, 6.45) is 1.94. The number of fused-ring (bicyclic) bond motifs is 1. The monoisotopic (exact) mass is 562 g/mol. The molecule has 3 amide bonds. The third kappa shape index (κ3) is 6.48. The first-order chi connectivity index (χ1) is 19.4. The molecular formula is C31H42N6O4. The lowest BCUT2D eigenvalue weighted by atomic mass is 9.79. The number of nitrogens with zero attached hydrogens (tertiary/aromatic N) is 4. The molecule has 1 aliphatic carbocycles. The molecule has 2 fully saturated rings. The number of pyridine rings is 1. The molecule has 220 valence electrons. The Morgan fingerprint density at radius 3 is 2.39 bits per heavy atom. The quantitative estimate of drug-likeness (QED) is 0.542. The minimum atomic E-state index is -0.508. The Bertz CT molecular complexity index is 1310. The predicted octanol–water partition coefficient (Wildman–Crippen LogP) is 4.17. The van der Waals surface area contributed by atoms with Gasteiger partial charge in [0.1, 0.15) is 11.4 Å². The van der Waals surface area contributed by atoms with Crippen LogP contribution in [0.3, 0.4) is 0 Å². The third-order valence-corrected chi connectivity index (χ3v) is 8.23. The maximum Gasteiger partial charge on any atom is 0.410 e. The summed E-state index contributed by atoms with van der Waals surface area (Å²) < 4.78 is 5.52. The third-order valence-electron chi connectivity index (χ3n) is 8.23. The molecule has 2 aliphatic heterocycles. The van der Waals surface area contributed by atoms with Gasteiger partial charge in [-0.1, -0.05) is 13.0 Å². The van der Waals surface area contributed by atoms with Crippen molar-refractivity contribution in [2.75, 3.05) is 36.4 Å². The lowest BCUT2D eigenvalue weighted by Gasteiger charge is -2.46. The lowest BCUT2D eigenvalue weighted by molar-refractivity contribution is -0.117. The molecule has 3 atom stereocenters. The number of rotatable bonds is 6. The van der Waals surface area contributed by atoms with Gasteiger partial charge in [-0.05, 0) is 75.4 Å². The lowest BCUT2D eigenvalue weighted by Crippen LogP contribution is -2.51. The Morgan fingerprint density at radius 1 is 1.07 bits per heavy atom. The van der Waals surface area contributed by atoms with Gasteiger partial charge < -0.3 is 25.6 Å². The van der Waals surface area contributed by atoms with Crippen molar-refractivity contribution in [1.29, 1.82) is 0 Å². The number of benzene rings is 1. The molecule has 0 radical (unpaired) electrons. The van der Waals surface area contributed by atoms with Crippen LogP contribution in [0.15, 0.2) is 36.4 Å². The highest BCUT2D eigenvalue weighted by Gasteiger charge is 2.47. The molecule has 10 heteroatoms. The van der Waals surface area contributed by atoms with E-state index in [-0.39, 0.29) is 30.0 Å². The SMILES string of the molecule is CC(=O)N1c2ccc(C(N)=O)cc2[C@H](Nc2cccc(CN3CCN(C(=O)OC(C)(C)C)CC3)n2)[C@@H](C)[C@H]1C1CC1. The van der Waals surface area contributed by atoms with Gasteiger partial charge in [-0.3, -0.25) is 14.5 Å². The highest BCUT2D eigenvalue weighted by Crippen LogP contribution is 2.50. The number of carbonyl (C=O) groups excluding carboxylic acids is 3. The fourth-order valence-corrected chi connectivity index (χ4v) is 6.17. The minimum Gasteiger partial charge on any atom is -0.444 e. The number of carbonyl (C=O) groups is 3. The van der Waals surface area contributed by atoms with Crippen molar-refractivity contribution in [2.45, 2.75) is 71.7 Å². The van der Waals surface area contributed by atoms with Crippen LogP contribution >= 0.6 is 0 Å². The van der Waals surface area contributed by atoms with Crippen LogP contribution in [-0.2, 0) is 16.1 Å². The zero-order chi connectivity index (χ0) is 29.5. The van der Waals surface area contributed by atoms with E-state index in [0.717, 1.165) is 48.7 Å². The Morgan fingerprint density at radius 2 is 1.78 bits per heavy atom. The Labute approximate surface area is 242 Å². The smallest absolute Gasteiger partial charge is 0.410 e.